The van der Waals surface area contributed by atoms with Crippen LogP contribution >= 0.6 is 11.3 Å². The molecule has 0 radical (unpaired) electrons. The van der Waals surface area contributed by atoms with Crippen LogP contribution < -0.4 is 0 Å². The van der Waals surface area contributed by atoms with Gasteiger partial charge in [0.2, 0.25) is 5.89 Å². The third-order valence-electron chi connectivity index (χ3n) is 3.46. The van der Waals surface area contributed by atoms with Gasteiger partial charge in [0.05, 0.1) is 5.69 Å². The molecule has 0 fully saturated rings. The summed E-state index contributed by atoms with van der Waals surface area (Å²) in [6, 6.07) is 9.84. The molecular weight excluding hydrogens is 308 g/mol. The highest BCUT2D eigenvalue weighted by molar-refractivity contribution is 7.08. The lowest BCUT2D eigenvalue weighted by Crippen LogP contribution is -1.81. The van der Waals surface area contributed by atoms with Crippen LogP contribution in [0.4, 0.5) is 5.69 Å². The third kappa shape index (κ3) is 2.74. The molecule has 0 saturated heterocycles. The normalized spacial score (nSPS) is 14.9. The molecule has 4 nitrogen and oxygen atoms in total. The van der Waals surface area contributed by atoms with E-state index in [1.54, 1.807) is 29.7 Å². The van der Waals surface area contributed by atoms with Gasteiger partial charge in [0, 0.05) is 23.4 Å². The molecule has 3 heterocycles. The summed E-state index contributed by atoms with van der Waals surface area (Å²) in [5, 5.41) is 14.0. The number of aliphatic imine (C=N–C) groups is 1. The first kappa shape index (κ1) is 13.7. The molecule has 2 aromatic heterocycles. The minimum absolute atomic E-state index is 0.194. The number of allylic oxidation sites excluding steroid dienone is 1. The predicted molar refractivity (Wildman–Crippen MR) is 93.9 cm³/mol. The summed E-state index contributed by atoms with van der Waals surface area (Å²) < 4.78 is 5.28. The molecular formula is C18H12N2O2S. The molecule has 0 amide bonds. The van der Waals surface area contributed by atoms with E-state index in [1.165, 1.54) is 0 Å². The van der Waals surface area contributed by atoms with E-state index in [9.17, 15) is 5.11 Å². The van der Waals surface area contributed by atoms with E-state index in [0.29, 0.717) is 11.6 Å². The van der Waals surface area contributed by atoms with Crippen molar-refractivity contribution in [2.75, 3.05) is 0 Å². The van der Waals surface area contributed by atoms with Crippen LogP contribution in [0.1, 0.15) is 22.7 Å². The van der Waals surface area contributed by atoms with Crippen molar-refractivity contribution in [1.82, 2.24) is 4.98 Å². The molecule has 0 unspecified atom stereocenters. The Morgan fingerprint density at radius 3 is 2.91 bits per heavy atom. The van der Waals surface area contributed by atoms with Gasteiger partial charge < -0.3 is 9.52 Å². The molecule has 1 aromatic carbocycles. The van der Waals surface area contributed by atoms with Gasteiger partial charge in [-0.3, -0.25) is 4.99 Å². The van der Waals surface area contributed by atoms with Crippen molar-refractivity contribution >= 4 is 47.0 Å². The molecule has 4 rings (SSSR count). The first-order valence-corrected chi connectivity index (χ1v) is 7.99. The van der Waals surface area contributed by atoms with Crippen molar-refractivity contribution in [2.24, 2.45) is 4.99 Å². The summed E-state index contributed by atoms with van der Waals surface area (Å²) in [5.41, 5.74) is 4.31. The van der Waals surface area contributed by atoms with Gasteiger partial charge in [-0.05, 0) is 40.6 Å². The van der Waals surface area contributed by atoms with Crippen LogP contribution in [0.3, 0.4) is 0 Å². The first-order chi connectivity index (χ1) is 11.3. The SMILES string of the molecule is Oc1oc(C=Cc2ccsc2)nc1C=C1C=Nc2ccccc21. The van der Waals surface area contributed by atoms with Gasteiger partial charge >= 0.3 is 5.95 Å². The Bertz CT molecular complexity index is 934. The number of fused-ring (bicyclic) bond motifs is 1. The fraction of sp³-hybridized carbons (Fsp3) is 0. The second-order valence-corrected chi connectivity index (χ2v) is 5.79. The van der Waals surface area contributed by atoms with Crippen LogP contribution in [-0.4, -0.2) is 16.3 Å². The van der Waals surface area contributed by atoms with Gasteiger partial charge in [-0.1, -0.05) is 18.2 Å². The largest absolute Gasteiger partial charge is 0.479 e. The maximum Gasteiger partial charge on any atom is 0.310 e. The zero-order valence-corrected chi connectivity index (χ0v) is 12.8. The average Bonchev–Trinajstić information content (AvgIpc) is 3.28. The molecule has 0 saturated carbocycles. The number of aromatic nitrogens is 1. The van der Waals surface area contributed by atoms with Gasteiger partial charge in [0.15, 0.2) is 0 Å². The van der Waals surface area contributed by atoms with Crippen molar-refractivity contribution in [1.29, 1.82) is 0 Å². The van der Waals surface area contributed by atoms with Gasteiger partial charge in [-0.25, -0.2) is 4.98 Å². The Balaban J connectivity index is 1.64. The summed E-state index contributed by atoms with van der Waals surface area (Å²) in [6.07, 6.45) is 7.17. The predicted octanol–water partition coefficient (Wildman–Crippen LogP) is 4.87. The number of oxazole rings is 1. The van der Waals surface area contributed by atoms with Crippen molar-refractivity contribution in [3.63, 3.8) is 0 Å². The Kier molecular flexibility index (Phi) is 3.40. The lowest BCUT2D eigenvalue weighted by Gasteiger charge is -1.97. The van der Waals surface area contributed by atoms with Crippen molar-refractivity contribution in [3.05, 3.63) is 63.8 Å². The average molecular weight is 320 g/mol. The molecule has 0 aliphatic carbocycles. The van der Waals surface area contributed by atoms with Crippen LogP contribution in [0.2, 0.25) is 0 Å². The lowest BCUT2D eigenvalue weighted by molar-refractivity contribution is 0.328. The number of hydrogen-bond donors (Lipinski definition) is 1. The Morgan fingerprint density at radius 1 is 1.13 bits per heavy atom. The van der Waals surface area contributed by atoms with Crippen LogP contribution in [-0.2, 0) is 0 Å². The number of hydrogen-bond acceptors (Lipinski definition) is 5. The van der Waals surface area contributed by atoms with E-state index in [1.807, 2.05) is 47.2 Å². The molecule has 1 aliphatic heterocycles. The molecule has 3 aromatic rings. The van der Waals surface area contributed by atoms with Crippen molar-refractivity contribution in [2.45, 2.75) is 0 Å². The highest BCUT2D eigenvalue weighted by Gasteiger charge is 2.14. The smallest absolute Gasteiger partial charge is 0.310 e. The summed E-state index contributed by atoms with van der Waals surface area (Å²) in [4.78, 5) is 8.64. The lowest BCUT2D eigenvalue weighted by atomic mass is 10.1. The fourth-order valence-electron chi connectivity index (χ4n) is 2.34. The summed E-state index contributed by atoms with van der Waals surface area (Å²) in [5.74, 6) is 0.170. The number of para-hydroxylation sites is 1. The summed E-state index contributed by atoms with van der Waals surface area (Å²) >= 11 is 1.62. The minimum Gasteiger partial charge on any atom is -0.479 e. The highest BCUT2D eigenvalue weighted by atomic mass is 32.1. The van der Waals surface area contributed by atoms with E-state index in [0.717, 1.165) is 22.4 Å². The zero-order chi connectivity index (χ0) is 15.6. The monoisotopic (exact) mass is 320 g/mol. The van der Waals surface area contributed by atoms with E-state index in [2.05, 4.69) is 9.98 Å². The topological polar surface area (TPSA) is 58.6 Å². The summed E-state index contributed by atoms with van der Waals surface area (Å²) in [7, 11) is 0. The molecule has 0 bridgehead atoms. The van der Waals surface area contributed by atoms with Gasteiger partial charge in [-0.15, -0.1) is 0 Å². The number of rotatable bonds is 3. The van der Waals surface area contributed by atoms with Crippen LogP contribution in [0.15, 0.2) is 50.5 Å². The van der Waals surface area contributed by atoms with Crippen LogP contribution in [0.25, 0.3) is 23.8 Å². The van der Waals surface area contributed by atoms with Crippen LogP contribution in [0, 0.1) is 0 Å². The standard InChI is InChI=1S/C18H12N2O2S/c21-18-16(9-13-10-19-15-4-2-1-3-14(13)15)20-17(22-18)6-5-12-7-8-23-11-12/h1-11,21H. The molecule has 23 heavy (non-hydrogen) atoms. The maximum absolute atomic E-state index is 9.95. The maximum atomic E-state index is 9.95. The van der Waals surface area contributed by atoms with E-state index < -0.39 is 0 Å². The number of aromatic hydroxyl groups is 1. The first-order valence-electron chi connectivity index (χ1n) is 7.05. The second-order valence-electron chi connectivity index (χ2n) is 5.01. The number of nitrogens with zero attached hydrogens (tertiary/aromatic N) is 2. The number of thiophene rings is 1. The van der Waals surface area contributed by atoms with Crippen molar-refractivity contribution < 1.29 is 9.52 Å². The minimum atomic E-state index is -0.194. The molecule has 112 valence electrons. The van der Waals surface area contributed by atoms with Gasteiger partial charge in [0.1, 0.15) is 5.69 Å². The molecule has 0 spiro atoms. The van der Waals surface area contributed by atoms with Crippen LogP contribution in [0.5, 0.6) is 5.95 Å². The van der Waals surface area contributed by atoms with Gasteiger partial charge in [-0.2, -0.15) is 11.3 Å². The molecule has 1 N–H and O–H groups in total. The molecule has 0 atom stereocenters. The second kappa shape index (κ2) is 5.70. The zero-order valence-electron chi connectivity index (χ0n) is 12.0. The Morgan fingerprint density at radius 2 is 2.04 bits per heavy atom. The quantitative estimate of drug-likeness (QED) is 0.749. The van der Waals surface area contributed by atoms with E-state index in [-0.39, 0.29) is 5.95 Å². The highest BCUT2D eigenvalue weighted by Crippen LogP contribution is 2.33. The Labute approximate surface area is 136 Å². The Hall–Kier alpha value is -2.92. The van der Waals surface area contributed by atoms with Crippen molar-refractivity contribution in [3.8, 4) is 5.95 Å². The van der Waals surface area contributed by atoms with E-state index in [4.69, 9.17) is 4.42 Å². The van der Waals surface area contributed by atoms with Gasteiger partial charge in [0.25, 0.3) is 0 Å². The fourth-order valence-corrected chi connectivity index (χ4v) is 2.97. The van der Waals surface area contributed by atoms with E-state index >= 15 is 0 Å². The molecule has 1 aliphatic rings. The summed E-state index contributed by atoms with van der Waals surface area (Å²) in [6.45, 7) is 0. The molecule has 5 heteroatoms. The number of benzene rings is 1. The third-order valence-corrected chi connectivity index (χ3v) is 4.16.